The lowest BCUT2D eigenvalue weighted by atomic mass is 9.94. The number of halogens is 1. The highest BCUT2D eigenvalue weighted by atomic mass is 19.1. The number of hydrogen-bond acceptors (Lipinski definition) is 2. The smallest absolute Gasteiger partial charge is 0.408 e. The van der Waals surface area contributed by atoms with Gasteiger partial charge < -0.3 is 10.2 Å². The van der Waals surface area contributed by atoms with E-state index in [1.807, 2.05) is 0 Å². The molecule has 1 unspecified atom stereocenters. The van der Waals surface area contributed by atoms with Crippen LogP contribution in [0, 0.1) is 5.82 Å². The van der Waals surface area contributed by atoms with E-state index in [1.165, 1.54) is 17.0 Å². The summed E-state index contributed by atoms with van der Waals surface area (Å²) in [4.78, 5) is 12.7. The molecule has 0 saturated carbocycles. The fourth-order valence-electron chi connectivity index (χ4n) is 2.42. The number of nitrogens with zero attached hydrogens (tertiary/aromatic N) is 1. The van der Waals surface area contributed by atoms with E-state index in [1.54, 1.807) is 47.6 Å². The molecule has 1 amide bonds. The molecule has 1 aromatic carbocycles. The first-order chi connectivity index (χ1) is 9.35. The highest BCUT2D eigenvalue weighted by Crippen LogP contribution is 2.31. The van der Waals surface area contributed by atoms with E-state index in [0.29, 0.717) is 11.1 Å². The number of amides is 1. The fraction of sp³-hybridized carbons (Fsp3) is 0.562. The summed E-state index contributed by atoms with van der Waals surface area (Å²) in [5.74, 6) is -0.516. The first-order valence-electron chi connectivity index (χ1n) is 6.90. The number of carbonyl (C=O) groups is 1. The van der Waals surface area contributed by atoms with Crippen LogP contribution in [0.5, 0.6) is 0 Å². The van der Waals surface area contributed by atoms with E-state index in [-0.39, 0.29) is 0 Å². The van der Waals surface area contributed by atoms with E-state index < -0.39 is 29.1 Å². The molecule has 1 atom stereocenters. The molecule has 0 spiro atoms. The topological polar surface area (TPSA) is 60.8 Å². The number of benzene rings is 1. The van der Waals surface area contributed by atoms with E-state index in [9.17, 15) is 19.4 Å². The van der Waals surface area contributed by atoms with E-state index in [2.05, 4.69) is 0 Å². The Hall–Kier alpha value is -1.62. The second-order valence-corrected chi connectivity index (χ2v) is 6.79. The van der Waals surface area contributed by atoms with Gasteiger partial charge in [0.25, 0.3) is 0 Å². The maximum atomic E-state index is 14.3. The van der Waals surface area contributed by atoms with Crippen LogP contribution in [0.25, 0.3) is 0 Å². The summed E-state index contributed by atoms with van der Waals surface area (Å²) in [6.45, 7) is 10.1. The standard InChI is InChI=1S/C16H24FNO3/c1-10(18(14(19)20)15(2,3)4)12-8-7-11(9-13(12)17)16(5,6)21/h7-10,21H,1-6H3,(H,19,20). The second-order valence-electron chi connectivity index (χ2n) is 6.79. The Morgan fingerprint density at radius 1 is 1.24 bits per heavy atom. The van der Waals surface area contributed by atoms with Crippen molar-refractivity contribution in [3.8, 4) is 0 Å². The second kappa shape index (κ2) is 5.64. The number of rotatable bonds is 3. The van der Waals surface area contributed by atoms with Crippen LogP contribution < -0.4 is 0 Å². The van der Waals surface area contributed by atoms with Crippen LogP contribution in [0.4, 0.5) is 9.18 Å². The van der Waals surface area contributed by atoms with Crippen molar-refractivity contribution in [2.45, 2.75) is 58.7 Å². The summed E-state index contributed by atoms with van der Waals surface area (Å²) >= 11 is 0. The summed E-state index contributed by atoms with van der Waals surface area (Å²) in [7, 11) is 0. The monoisotopic (exact) mass is 297 g/mol. The normalized spacial score (nSPS) is 13.9. The number of hydrogen-bond donors (Lipinski definition) is 2. The molecule has 21 heavy (non-hydrogen) atoms. The van der Waals surface area contributed by atoms with Crippen molar-refractivity contribution in [1.82, 2.24) is 4.90 Å². The highest BCUT2D eigenvalue weighted by Gasteiger charge is 2.33. The van der Waals surface area contributed by atoms with E-state index in [4.69, 9.17) is 0 Å². The van der Waals surface area contributed by atoms with Gasteiger partial charge in [-0.3, -0.25) is 4.90 Å². The lowest BCUT2D eigenvalue weighted by molar-refractivity contribution is 0.0724. The molecule has 1 rings (SSSR count). The number of carboxylic acid groups (broad SMARTS) is 1. The predicted molar refractivity (Wildman–Crippen MR) is 79.7 cm³/mol. The molecule has 5 heteroatoms. The molecule has 0 heterocycles. The predicted octanol–water partition coefficient (Wildman–Crippen LogP) is 3.89. The van der Waals surface area contributed by atoms with Crippen molar-refractivity contribution in [2.24, 2.45) is 0 Å². The summed E-state index contributed by atoms with van der Waals surface area (Å²) < 4.78 is 14.3. The molecule has 0 aliphatic rings. The summed E-state index contributed by atoms with van der Waals surface area (Å²) in [6.07, 6.45) is -1.10. The molecule has 0 radical (unpaired) electrons. The zero-order valence-electron chi connectivity index (χ0n) is 13.4. The molecule has 2 N–H and O–H groups in total. The first kappa shape index (κ1) is 17.4. The zero-order chi connectivity index (χ0) is 16.6. The first-order valence-corrected chi connectivity index (χ1v) is 6.90. The van der Waals surface area contributed by atoms with Crippen LogP contribution >= 0.6 is 0 Å². The molecule has 0 aliphatic carbocycles. The number of aliphatic hydroxyl groups is 1. The van der Waals surface area contributed by atoms with Crippen molar-refractivity contribution in [3.05, 3.63) is 35.1 Å². The van der Waals surface area contributed by atoms with Crippen molar-refractivity contribution in [1.29, 1.82) is 0 Å². The third-order valence-electron chi connectivity index (χ3n) is 3.47. The molecule has 0 bridgehead atoms. The van der Waals surface area contributed by atoms with Crippen molar-refractivity contribution >= 4 is 6.09 Å². The van der Waals surface area contributed by atoms with Gasteiger partial charge in [0.2, 0.25) is 0 Å². The van der Waals surface area contributed by atoms with Gasteiger partial charge in [0.15, 0.2) is 0 Å². The maximum absolute atomic E-state index is 14.3. The molecule has 4 nitrogen and oxygen atoms in total. The fourth-order valence-corrected chi connectivity index (χ4v) is 2.42. The molecule has 0 aromatic heterocycles. The van der Waals surface area contributed by atoms with Gasteiger partial charge in [-0.15, -0.1) is 0 Å². The Bertz CT molecular complexity index is 529. The van der Waals surface area contributed by atoms with Crippen molar-refractivity contribution < 1.29 is 19.4 Å². The average Bonchev–Trinajstić information content (AvgIpc) is 2.24. The molecule has 0 aliphatic heterocycles. The molecule has 1 aromatic rings. The minimum absolute atomic E-state index is 0.292. The van der Waals surface area contributed by atoms with Gasteiger partial charge >= 0.3 is 6.09 Å². The van der Waals surface area contributed by atoms with Crippen LogP contribution in [0.15, 0.2) is 18.2 Å². The highest BCUT2D eigenvalue weighted by molar-refractivity contribution is 5.66. The third kappa shape index (κ3) is 3.94. The lowest BCUT2D eigenvalue weighted by Crippen LogP contribution is -2.46. The van der Waals surface area contributed by atoms with Gasteiger partial charge in [-0.05, 0) is 53.2 Å². The Kier molecular flexibility index (Phi) is 4.68. The summed E-state index contributed by atoms with van der Waals surface area (Å²) in [5, 5.41) is 19.3. The van der Waals surface area contributed by atoms with E-state index >= 15 is 0 Å². The van der Waals surface area contributed by atoms with Gasteiger partial charge in [0, 0.05) is 11.1 Å². The van der Waals surface area contributed by atoms with Gasteiger partial charge in [-0.2, -0.15) is 0 Å². The van der Waals surface area contributed by atoms with Crippen LogP contribution in [0.2, 0.25) is 0 Å². The lowest BCUT2D eigenvalue weighted by Gasteiger charge is -2.38. The molecular weight excluding hydrogens is 273 g/mol. The Morgan fingerprint density at radius 3 is 2.10 bits per heavy atom. The van der Waals surface area contributed by atoms with Crippen LogP contribution in [0.1, 0.15) is 58.7 Å². The third-order valence-corrected chi connectivity index (χ3v) is 3.47. The van der Waals surface area contributed by atoms with Crippen LogP contribution in [-0.4, -0.2) is 26.7 Å². The van der Waals surface area contributed by atoms with Crippen LogP contribution in [-0.2, 0) is 5.60 Å². The molecule has 0 saturated heterocycles. The summed E-state index contributed by atoms with van der Waals surface area (Å²) in [5.41, 5.74) is -1.04. The zero-order valence-corrected chi connectivity index (χ0v) is 13.4. The van der Waals surface area contributed by atoms with Crippen molar-refractivity contribution in [3.63, 3.8) is 0 Å². The van der Waals surface area contributed by atoms with Gasteiger partial charge in [0.05, 0.1) is 11.6 Å². The SMILES string of the molecule is CC(c1ccc(C(C)(C)O)cc1F)N(C(=O)O)C(C)(C)C. The van der Waals surface area contributed by atoms with E-state index in [0.717, 1.165) is 0 Å². The minimum Gasteiger partial charge on any atom is -0.465 e. The van der Waals surface area contributed by atoms with Gasteiger partial charge in [-0.25, -0.2) is 9.18 Å². The minimum atomic E-state index is -1.14. The Labute approximate surface area is 125 Å². The van der Waals surface area contributed by atoms with Gasteiger partial charge in [-0.1, -0.05) is 12.1 Å². The molecular formula is C16H24FNO3. The average molecular weight is 297 g/mol. The quantitative estimate of drug-likeness (QED) is 0.889. The van der Waals surface area contributed by atoms with Gasteiger partial charge in [0.1, 0.15) is 5.82 Å². The summed E-state index contributed by atoms with van der Waals surface area (Å²) in [6, 6.07) is 3.79. The maximum Gasteiger partial charge on any atom is 0.408 e. The molecule has 118 valence electrons. The molecule has 0 fully saturated rings. The van der Waals surface area contributed by atoms with Crippen LogP contribution in [0.3, 0.4) is 0 Å². The van der Waals surface area contributed by atoms with Crippen molar-refractivity contribution in [2.75, 3.05) is 0 Å². The Balaban J connectivity index is 3.24. The largest absolute Gasteiger partial charge is 0.465 e. The Morgan fingerprint density at radius 2 is 1.76 bits per heavy atom.